The molecule has 0 unspecified atom stereocenters. The molecule has 1 heterocycles. The van der Waals surface area contributed by atoms with Gasteiger partial charge in [0, 0.05) is 13.7 Å². The van der Waals surface area contributed by atoms with Gasteiger partial charge in [-0.25, -0.2) is 0 Å². The van der Waals surface area contributed by atoms with Crippen LogP contribution in [0.3, 0.4) is 0 Å². The van der Waals surface area contributed by atoms with Crippen LogP contribution in [-0.2, 0) is 43.5 Å². The molecule has 1 fully saturated rings. The topological polar surface area (TPSA) is 66.4 Å². The summed E-state index contributed by atoms with van der Waals surface area (Å²) in [5, 5.41) is 9.74. The highest BCUT2D eigenvalue weighted by Gasteiger charge is 2.48. The first-order valence-corrected chi connectivity index (χ1v) is 12.0. The summed E-state index contributed by atoms with van der Waals surface area (Å²) < 4.78 is 31.2. The molecule has 0 aliphatic carbocycles. The Balaban J connectivity index is 1.58. The molecular formula is C29H34O6. The maximum Gasteiger partial charge on any atom is 0.186 e. The van der Waals surface area contributed by atoms with E-state index in [0.717, 1.165) is 16.7 Å². The summed E-state index contributed by atoms with van der Waals surface area (Å²) in [6.07, 6.45) is -2.13. The molecule has 1 aliphatic heterocycles. The minimum atomic E-state index is -0.660. The molecule has 3 aromatic rings. The van der Waals surface area contributed by atoms with Gasteiger partial charge in [0.15, 0.2) is 6.29 Å². The predicted molar refractivity (Wildman–Crippen MR) is 132 cm³/mol. The normalized spacial score (nSPS) is 24.3. The molecule has 4 rings (SSSR count). The van der Waals surface area contributed by atoms with Gasteiger partial charge in [0.2, 0.25) is 0 Å². The Labute approximate surface area is 207 Å². The van der Waals surface area contributed by atoms with Crippen molar-refractivity contribution in [1.82, 2.24) is 0 Å². The van der Waals surface area contributed by atoms with Gasteiger partial charge in [0.1, 0.15) is 18.3 Å². The summed E-state index contributed by atoms with van der Waals surface area (Å²) in [5.41, 5.74) is 3.14. The third-order valence-corrected chi connectivity index (χ3v) is 6.09. The lowest BCUT2D eigenvalue weighted by atomic mass is 9.95. The zero-order valence-electron chi connectivity index (χ0n) is 20.1. The van der Waals surface area contributed by atoms with E-state index in [9.17, 15) is 5.11 Å². The minimum Gasteiger partial charge on any atom is -0.396 e. The van der Waals surface area contributed by atoms with E-state index in [0.29, 0.717) is 26.2 Å². The van der Waals surface area contributed by atoms with Crippen molar-refractivity contribution < 1.29 is 28.8 Å². The van der Waals surface area contributed by atoms with E-state index in [1.807, 2.05) is 91.0 Å². The number of ether oxygens (including phenoxy) is 5. The summed E-state index contributed by atoms with van der Waals surface area (Å²) in [6.45, 7) is 1.14. The van der Waals surface area contributed by atoms with Gasteiger partial charge in [-0.3, -0.25) is 0 Å². The fourth-order valence-corrected chi connectivity index (χ4v) is 4.30. The highest BCUT2D eigenvalue weighted by Crippen LogP contribution is 2.32. The first kappa shape index (κ1) is 25.5. The SMILES string of the molecule is CO[C@H]1O[C@H](CCO)[C@@H](OCc2ccccc2)[C@H](OCc2ccccc2)[C@H]1OCc1ccccc1. The standard InChI is InChI=1S/C29H34O6/c1-31-29-28(34-21-24-15-9-4-10-16-24)27(33-20-23-13-7-3-8-14-23)26(25(35-29)17-18-30)32-19-22-11-5-2-6-12-22/h2-16,25-30H,17-21H2,1H3/t25-,26-,27+,28-,29+/m1/s1. The molecule has 1 N–H and O–H groups in total. The molecule has 0 aromatic heterocycles. The van der Waals surface area contributed by atoms with E-state index in [1.165, 1.54) is 0 Å². The number of benzene rings is 3. The molecule has 0 saturated carbocycles. The van der Waals surface area contributed by atoms with Gasteiger partial charge in [-0.05, 0) is 23.1 Å². The van der Waals surface area contributed by atoms with Crippen molar-refractivity contribution in [1.29, 1.82) is 0 Å². The Bertz CT molecular complexity index is 968. The minimum absolute atomic E-state index is 0.0345. The van der Waals surface area contributed by atoms with E-state index in [-0.39, 0.29) is 6.61 Å². The summed E-state index contributed by atoms with van der Waals surface area (Å²) in [4.78, 5) is 0. The molecule has 6 heteroatoms. The molecule has 186 valence electrons. The van der Waals surface area contributed by atoms with Gasteiger partial charge in [0.05, 0.1) is 25.9 Å². The van der Waals surface area contributed by atoms with Crippen LogP contribution in [-0.4, -0.2) is 49.5 Å². The average Bonchev–Trinajstić information content (AvgIpc) is 2.92. The molecule has 35 heavy (non-hydrogen) atoms. The van der Waals surface area contributed by atoms with Crippen molar-refractivity contribution in [2.75, 3.05) is 13.7 Å². The summed E-state index contributed by atoms with van der Waals surface area (Å²) in [6, 6.07) is 30.0. The second-order valence-corrected chi connectivity index (χ2v) is 8.57. The van der Waals surface area contributed by atoms with Crippen LogP contribution in [0.15, 0.2) is 91.0 Å². The van der Waals surface area contributed by atoms with Crippen LogP contribution in [0.1, 0.15) is 23.1 Å². The number of aliphatic hydroxyl groups excluding tert-OH is 1. The number of hydrogen-bond acceptors (Lipinski definition) is 6. The smallest absolute Gasteiger partial charge is 0.186 e. The Morgan fingerprint density at radius 1 is 0.629 bits per heavy atom. The summed E-state index contributed by atoms with van der Waals surface area (Å²) in [7, 11) is 1.60. The Hall–Kier alpha value is -2.58. The summed E-state index contributed by atoms with van der Waals surface area (Å²) in [5.74, 6) is 0. The lowest BCUT2D eigenvalue weighted by molar-refractivity contribution is -0.319. The van der Waals surface area contributed by atoms with Crippen molar-refractivity contribution in [3.63, 3.8) is 0 Å². The van der Waals surface area contributed by atoms with Crippen LogP contribution in [0, 0.1) is 0 Å². The zero-order valence-corrected chi connectivity index (χ0v) is 20.1. The molecule has 5 atom stereocenters. The van der Waals surface area contributed by atoms with Gasteiger partial charge in [-0.2, -0.15) is 0 Å². The first-order chi connectivity index (χ1) is 17.3. The Kier molecular flexibility index (Phi) is 9.84. The van der Waals surface area contributed by atoms with Gasteiger partial charge in [-0.15, -0.1) is 0 Å². The van der Waals surface area contributed by atoms with Crippen LogP contribution in [0.25, 0.3) is 0 Å². The van der Waals surface area contributed by atoms with E-state index in [2.05, 4.69) is 0 Å². The average molecular weight is 479 g/mol. The van der Waals surface area contributed by atoms with Crippen molar-refractivity contribution in [2.45, 2.75) is 56.9 Å². The van der Waals surface area contributed by atoms with Gasteiger partial charge >= 0.3 is 0 Å². The monoisotopic (exact) mass is 478 g/mol. The Morgan fingerprint density at radius 2 is 1.06 bits per heavy atom. The van der Waals surface area contributed by atoms with Crippen molar-refractivity contribution >= 4 is 0 Å². The second kappa shape index (κ2) is 13.5. The number of hydrogen-bond donors (Lipinski definition) is 1. The van der Waals surface area contributed by atoms with Crippen molar-refractivity contribution in [3.05, 3.63) is 108 Å². The second-order valence-electron chi connectivity index (χ2n) is 8.57. The molecule has 1 saturated heterocycles. The quantitative estimate of drug-likeness (QED) is 0.414. The van der Waals surface area contributed by atoms with Crippen molar-refractivity contribution in [2.24, 2.45) is 0 Å². The molecule has 0 spiro atoms. The van der Waals surface area contributed by atoms with Crippen LogP contribution in [0.4, 0.5) is 0 Å². The van der Waals surface area contributed by atoms with Gasteiger partial charge in [0.25, 0.3) is 0 Å². The lowest BCUT2D eigenvalue weighted by Crippen LogP contribution is -2.60. The number of rotatable bonds is 12. The summed E-state index contributed by atoms with van der Waals surface area (Å²) >= 11 is 0. The van der Waals surface area contributed by atoms with Crippen LogP contribution in [0.5, 0.6) is 0 Å². The molecule has 0 bridgehead atoms. The first-order valence-electron chi connectivity index (χ1n) is 12.0. The number of aliphatic hydroxyl groups is 1. The third kappa shape index (κ3) is 7.21. The largest absolute Gasteiger partial charge is 0.396 e. The fraction of sp³-hybridized carbons (Fsp3) is 0.379. The maximum atomic E-state index is 9.74. The van der Waals surface area contributed by atoms with Crippen molar-refractivity contribution in [3.8, 4) is 0 Å². The van der Waals surface area contributed by atoms with E-state index >= 15 is 0 Å². The predicted octanol–water partition coefficient (Wildman–Crippen LogP) is 4.50. The molecule has 0 radical (unpaired) electrons. The van der Waals surface area contributed by atoms with Crippen LogP contribution < -0.4 is 0 Å². The third-order valence-electron chi connectivity index (χ3n) is 6.09. The highest BCUT2D eigenvalue weighted by molar-refractivity contribution is 5.15. The van der Waals surface area contributed by atoms with Gasteiger partial charge in [-0.1, -0.05) is 91.0 Å². The molecule has 3 aromatic carbocycles. The lowest BCUT2D eigenvalue weighted by Gasteiger charge is -2.45. The highest BCUT2D eigenvalue weighted by atomic mass is 16.7. The maximum absolute atomic E-state index is 9.74. The number of methoxy groups -OCH3 is 1. The van der Waals surface area contributed by atoms with E-state index in [4.69, 9.17) is 23.7 Å². The van der Waals surface area contributed by atoms with Crippen LogP contribution in [0.2, 0.25) is 0 Å². The fourth-order valence-electron chi connectivity index (χ4n) is 4.30. The zero-order chi connectivity index (χ0) is 24.3. The Morgan fingerprint density at radius 3 is 1.49 bits per heavy atom. The van der Waals surface area contributed by atoms with Crippen LogP contribution >= 0.6 is 0 Å². The van der Waals surface area contributed by atoms with E-state index < -0.39 is 30.7 Å². The molecule has 6 nitrogen and oxygen atoms in total. The molecular weight excluding hydrogens is 444 g/mol. The van der Waals surface area contributed by atoms with Gasteiger partial charge < -0.3 is 28.8 Å². The molecule has 1 aliphatic rings. The molecule has 0 amide bonds. The van der Waals surface area contributed by atoms with E-state index in [1.54, 1.807) is 7.11 Å².